The van der Waals surface area contributed by atoms with Crippen LogP contribution in [0.25, 0.3) is 0 Å². The summed E-state index contributed by atoms with van der Waals surface area (Å²) in [5.74, 6) is -0.286. The number of rotatable bonds is 5. The van der Waals surface area contributed by atoms with Gasteiger partial charge in [0.1, 0.15) is 5.78 Å². The van der Waals surface area contributed by atoms with Gasteiger partial charge in [0.05, 0.1) is 18.7 Å². The van der Waals surface area contributed by atoms with E-state index in [2.05, 4.69) is 22.6 Å². The molecule has 1 amide bonds. The fraction of sp³-hybridized carbons (Fsp3) is 0.222. The first-order valence-corrected chi connectivity index (χ1v) is 8.15. The molecule has 0 saturated carbocycles. The van der Waals surface area contributed by atoms with Gasteiger partial charge in [-0.05, 0) is 53.6 Å². The molecule has 2 aromatic carbocycles. The Bertz CT molecular complexity index is 683. The van der Waals surface area contributed by atoms with Gasteiger partial charge in [0.2, 0.25) is 5.91 Å². The van der Waals surface area contributed by atoms with Crippen LogP contribution in [0, 0.1) is 10.5 Å². The minimum atomic E-state index is -0.167. The lowest BCUT2D eigenvalue weighted by Crippen LogP contribution is -2.32. The van der Waals surface area contributed by atoms with Gasteiger partial charge in [-0.15, -0.1) is 0 Å². The van der Waals surface area contributed by atoms with Crippen molar-refractivity contribution in [3.63, 3.8) is 0 Å². The van der Waals surface area contributed by atoms with Gasteiger partial charge in [-0.25, -0.2) is 0 Å². The first-order chi connectivity index (χ1) is 10.5. The first kappa shape index (κ1) is 16.7. The van der Waals surface area contributed by atoms with Crippen LogP contribution in [0.1, 0.15) is 24.5 Å². The maximum absolute atomic E-state index is 12.5. The Kier molecular flexibility index (Phi) is 5.71. The van der Waals surface area contributed by atoms with Crippen LogP contribution in [-0.4, -0.2) is 11.7 Å². The molecule has 4 heteroatoms. The molecule has 0 heterocycles. The summed E-state index contributed by atoms with van der Waals surface area (Å²) in [5.41, 5.74) is 3.01. The number of carbonyl (C=O) groups excluding carboxylic acids is 2. The van der Waals surface area contributed by atoms with Crippen molar-refractivity contribution in [3.05, 3.63) is 63.2 Å². The third-order valence-electron chi connectivity index (χ3n) is 3.35. The molecule has 0 N–H and O–H groups in total. The predicted molar refractivity (Wildman–Crippen MR) is 96.8 cm³/mol. The number of carbonyl (C=O) groups is 2. The highest BCUT2D eigenvalue weighted by Crippen LogP contribution is 2.27. The minimum absolute atomic E-state index is 0.0726. The van der Waals surface area contributed by atoms with Crippen molar-refractivity contribution in [2.45, 2.75) is 26.8 Å². The molecule has 22 heavy (non-hydrogen) atoms. The van der Waals surface area contributed by atoms with Crippen molar-refractivity contribution >= 4 is 40.0 Å². The Hall–Kier alpha value is -1.69. The van der Waals surface area contributed by atoms with Gasteiger partial charge < -0.3 is 4.90 Å². The fourth-order valence-electron chi connectivity index (χ4n) is 2.22. The van der Waals surface area contributed by atoms with E-state index in [-0.39, 0.29) is 18.1 Å². The van der Waals surface area contributed by atoms with E-state index in [4.69, 9.17) is 0 Å². The van der Waals surface area contributed by atoms with Crippen LogP contribution in [0.4, 0.5) is 5.69 Å². The second-order valence-corrected chi connectivity index (χ2v) is 6.33. The summed E-state index contributed by atoms with van der Waals surface area (Å²) in [4.78, 5) is 25.6. The number of hydrogen-bond donors (Lipinski definition) is 0. The highest BCUT2D eigenvalue weighted by atomic mass is 127. The second kappa shape index (κ2) is 7.54. The fourth-order valence-corrected chi connectivity index (χ4v) is 2.87. The van der Waals surface area contributed by atoms with Crippen LogP contribution >= 0.6 is 22.6 Å². The number of benzene rings is 2. The molecule has 0 unspecified atom stereocenters. The van der Waals surface area contributed by atoms with Gasteiger partial charge in [0.15, 0.2) is 0 Å². The van der Waals surface area contributed by atoms with Gasteiger partial charge in [0, 0.05) is 3.57 Å². The molecule has 0 fully saturated rings. The molecule has 2 aromatic rings. The Labute approximate surface area is 144 Å². The van der Waals surface area contributed by atoms with Crippen molar-refractivity contribution in [1.29, 1.82) is 0 Å². The van der Waals surface area contributed by atoms with Crippen LogP contribution in [0.5, 0.6) is 0 Å². The summed E-state index contributed by atoms with van der Waals surface area (Å²) >= 11 is 2.25. The predicted octanol–water partition coefficient (Wildman–Crippen LogP) is 4.11. The van der Waals surface area contributed by atoms with Crippen LogP contribution in [-0.2, 0) is 16.1 Å². The van der Waals surface area contributed by atoms with E-state index in [1.807, 2.05) is 55.5 Å². The van der Waals surface area contributed by atoms with E-state index in [1.165, 1.54) is 6.92 Å². The van der Waals surface area contributed by atoms with Crippen molar-refractivity contribution in [3.8, 4) is 0 Å². The molecular formula is C18H18INO2. The van der Waals surface area contributed by atoms with E-state index >= 15 is 0 Å². The van der Waals surface area contributed by atoms with Gasteiger partial charge in [-0.1, -0.05) is 42.5 Å². The Morgan fingerprint density at radius 3 is 2.36 bits per heavy atom. The number of ketones is 1. The van der Waals surface area contributed by atoms with E-state index in [9.17, 15) is 9.59 Å². The van der Waals surface area contributed by atoms with Crippen LogP contribution in [0.2, 0.25) is 0 Å². The molecule has 0 aliphatic carbocycles. The monoisotopic (exact) mass is 407 g/mol. The van der Waals surface area contributed by atoms with Gasteiger partial charge in [0.25, 0.3) is 0 Å². The summed E-state index contributed by atoms with van der Waals surface area (Å²) in [5, 5.41) is 0. The molecule has 3 nitrogen and oxygen atoms in total. The molecule has 114 valence electrons. The quantitative estimate of drug-likeness (QED) is 0.553. The smallest absolute Gasteiger partial charge is 0.234 e. The van der Waals surface area contributed by atoms with Gasteiger partial charge in [-0.2, -0.15) is 0 Å². The molecule has 0 radical (unpaired) electrons. The summed E-state index contributed by atoms with van der Waals surface area (Å²) < 4.78 is 1.04. The molecule has 0 bridgehead atoms. The van der Waals surface area contributed by atoms with Crippen molar-refractivity contribution < 1.29 is 9.59 Å². The average Bonchev–Trinajstić information content (AvgIpc) is 2.48. The normalized spacial score (nSPS) is 10.3. The number of amides is 1. The number of hydrogen-bond acceptors (Lipinski definition) is 2. The molecule has 0 aromatic heterocycles. The Morgan fingerprint density at radius 1 is 1.05 bits per heavy atom. The summed E-state index contributed by atoms with van der Waals surface area (Å²) in [6.45, 7) is 3.92. The summed E-state index contributed by atoms with van der Waals surface area (Å²) in [7, 11) is 0. The van der Waals surface area contributed by atoms with E-state index in [0.29, 0.717) is 6.54 Å². The van der Waals surface area contributed by atoms with Crippen LogP contribution < -0.4 is 4.90 Å². The maximum atomic E-state index is 12.5. The number of anilines is 1. The lowest BCUT2D eigenvalue weighted by atomic mass is 10.1. The van der Waals surface area contributed by atoms with Gasteiger partial charge >= 0.3 is 0 Å². The largest absolute Gasteiger partial charge is 0.307 e. The van der Waals surface area contributed by atoms with Gasteiger partial charge in [-0.3, -0.25) is 9.59 Å². The van der Waals surface area contributed by atoms with E-state index in [0.717, 1.165) is 20.4 Å². The summed E-state index contributed by atoms with van der Waals surface area (Å²) in [6.07, 6.45) is -0.0726. The molecule has 0 saturated heterocycles. The zero-order valence-corrected chi connectivity index (χ0v) is 14.8. The highest BCUT2D eigenvalue weighted by molar-refractivity contribution is 14.1. The second-order valence-electron chi connectivity index (χ2n) is 5.25. The number of halogens is 1. The van der Waals surface area contributed by atoms with Crippen LogP contribution in [0.15, 0.2) is 48.5 Å². The van der Waals surface area contributed by atoms with E-state index in [1.54, 1.807) is 4.90 Å². The maximum Gasteiger partial charge on any atom is 0.234 e. The average molecular weight is 407 g/mol. The lowest BCUT2D eigenvalue weighted by molar-refractivity contribution is -0.125. The highest BCUT2D eigenvalue weighted by Gasteiger charge is 2.20. The zero-order chi connectivity index (χ0) is 16.1. The minimum Gasteiger partial charge on any atom is -0.307 e. The molecule has 0 aliphatic heterocycles. The third kappa shape index (κ3) is 4.16. The Morgan fingerprint density at radius 2 is 1.73 bits per heavy atom. The SMILES string of the molecule is CC(=O)CC(=O)N(Cc1ccccc1)c1cccc(C)c1I. The third-order valence-corrected chi connectivity index (χ3v) is 4.75. The number of Topliss-reactive ketones (excluding diaryl/α,β-unsaturated/α-hetero) is 1. The topological polar surface area (TPSA) is 37.4 Å². The number of aryl methyl sites for hydroxylation is 1. The lowest BCUT2D eigenvalue weighted by Gasteiger charge is -2.24. The first-order valence-electron chi connectivity index (χ1n) is 7.08. The van der Waals surface area contributed by atoms with Crippen molar-refractivity contribution in [1.82, 2.24) is 0 Å². The van der Waals surface area contributed by atoms with Crippen molar-refractivity contribution in [2.24, 2.45) is 0 Å². The standard InChI is InChI=1S/C18H18INO2/c1-13-7-6-10-16(18(13)19)20(17(22)11-14(2)21)12-15-8-4-3-5-9-15/h3-10H,11-12H2,1-2H3. The number of nitrogens with zero attached hydrogens (tertiary/aromatic N) is 1. The zero-order valence-electron chi connectivity index (χ0n) is 12.7. The molecule has 0 spiro atoms. The van der Waals surface area contributed by atoms with E-state index < -0.39 is 0 Å². The summed E-state index contributed by atoms with van der Waals surface area (Å²) in [6, 6.07) is 15.7. The van der Waals surface area contributed by atoms with Crippen LogP contribution in [0.3, 0.4) is 0 Å². The molecule has 0 atom stereocenters. The molecular weight excluding hydrogens is 389 g/mol. The molecule has 2 rings (SSSR count). The Balaban J connectivity index is 2.38. The molecule has 0 aliphatic rings. The van der Waals surface area contributed by atoms with Crippen molar-refractivity contribution in [2.75, 3.05) is 4.90 Å².